The van der Waals surface area contributed by atoms with Crippen molar-refractivity contribution in [2.24, 2.45) is 0 Å². The van der Waals surface area contributed by atoms with Crippen molar-refractivity contribution in [3.63, 3.8) is 0 Å². The average molecular weight is 242 g/mol. The summed E-state index contributed by atoms with van der Waals surface area (Å²) >= 11 is 0. The zero-order chi connectivity index (χ0) is 13.0. The van der Waals surface area contributed by atoms with E-state index in [1.54, 1.807) is 37.5 Å². The van der Waals surface area contributed by atoms with Crippen LogP contribution in [0.1, 0.15) is 17.3 Å². The molecule has 4 nitrogen and oxygen atoms in total. The summed E-state index contributed by atoms with van der Waals surface area (Å²) in [5, 5.41) is 0. The second-order valence-electron chi connectivity index (χ2n) is 3.76. The maximum atomic E-state index is 11.9. The van der Waals surface area contributed by atoms with Gasteiger partial charge in [0.15, 0.2) is 0 Å². The number of esters is 1. The summed E-state index contributed by atoms with van der Waals surface area (Å²) in [6, 6.07) is 8.80. The number of carbonyl (C=O) groups is 1. The number of hydrogen-bond donors (Lipinski definition) is 1. The molecule has 0 bridgehead atoms. The number of anilines is 1. The zero-order valence-electron chi connectivity index (χ0n) is 10.1. The van der Waals surface area contributed by atoms with Crippen LogP contribution in [0.2, 0.25) is 0 Å². The van der Waals surface area contributed by atoms with Gasteiger partial charge in [-0.1, -0.05) is 0 Å². The molecular formula is C14H14N2O2. The molecule has 0 saturated heterocycles. The highest BCUT2D eigenvalue weighted by Crippen LogP contribution is 2.26. The van der Waals surface area contributed by atoms with Gasteiger partial charge in [0.25, 0.3) is 0 Å². The fourth-order valence-electron chi connectivity index (χ4n) is 1.72. The van der Waals surface area contributed by atoms with Crippen LogP contribution in [0.3, 0.4) is 0 Å². The molecule has 1 aromatic heterocycles. The van der Waals surface area contributed by atoms with E-state index in [4.69, 9.17) is 10.5 Å². The first-order chi connectivity index (χ1) is 8.72. The SMILES string of the molecule is CCOC(=O)c1ccc(N)cc1-c1ccncc1. The first-order valence-corrected chi connectivity index (χ1v) is 5.69. The van der Waals surface area contributed by atoms with Gasteiger partial charge < -0.3 is 10.5 Å². The number of nitrogens with two attached hydrogens (primary N) is 1. The zero-order valence-corrected chi connectivity index (χ0v) is 10.1. The molecular weight excluding hydrogens is 228 g/mol. The quantitative estimate of drug-likeness (QED) is 0.663. The molecule has 0 aliphatic rings. The second kappa shape index (κ2) is 5.31. The van der Waals surface area contributed by atoms with E-state index >= 15 is 0 Å². The van der Waals surface area contributed by atoms with Crippen LogP contribution in [0.5, 0.6) is 0 Å². The van der Waals surface area contributed by atoms with E-state index in [0.29, 0.717) is 17.9 Å². The number of rotatable bonds is 3. The Hall–Kier alpha value is -2.36. The molecule has 1 heterocycles. The first kappa shape index (κ1) is 12.1. The lowest BCUT2D eigenvalue weighted by molar-refractivity contribution is 0.0527. The van der Waals surface area contributed by atoms with Crippen molar-refractivity contribution in [3.8, 4) is 11.1 Å². The number of aromatic nitrogens is 1. The minimum atomic E-state index is -0.343. The number of hydrogen-bond acceptors (Lipinski definition) is 4. The van der Waals surface area contributed by atoms with Crippen LogP contribution in [0.4, 0.5) is 5.69 Å². The third-order valence-electron chi connectivity index (χ3n) is 2.53. The van der Waals surface area contributed by atoms with Crippen molar-refractivity contribution in [1.29, 1.82) is 0 Å². The lowest BCUT2D eigenvalue weighted by atomic mass is 10.00. The van der Waals surface area contributed by atoms with Gasteiger partial charge in [-0.2, -0.15) is 0 Å². The molecule has 0 fully saturated rings. The van der Waals surface area contributed by atoms with Crippen molar-refractivity contribution in [2.75, 3.05) is 12.3 Å². The molecule has 18 heavy (non-hydrogen) atoms. The summed E-state index contributed by atoms with van der Waals surface area (Å²) in [4.78, 5) is 15.8. The van der Waals surface area contributed by atoms with Crippen LogP contribution in [0.15, 0.2) is 42.7 Å². The van der Waals surface area contributed by atoms with Crippen molar-refractivity contribution < 1.29 is 9.53 Å². The van der Waals surface area contributed by atoms with E-state index in [9.17, 15) is 4.79 Å². The smallest absolute Gasteiger partial charge is 0.338 e. The van der Waals surface area contributed by atoms with Crippen LogP contribution in [-0.4, -0.2) is 17.6 Å². The molecule has 0 saturated carbocycles. The van der Waals surface area contributed by atoms with E-state index in [1.165, 1.54) is 0 Å². The maximum absolute atomic E-state index is 11.9. The Labute approximate surface area is 105 Å². The number of pyridine rings is 1. The molecule has 0 aliphatic carbocycles. The van der Waals surface area contributed by atoms with Gasteiger partial charge in [0, 0.05) is 18.1 Å². The standard InChI is InChI=1S/C14H14N2O2/c1-2-18-14(17)12-4-3-11(15)9-13(12)10-5-7-16-8-6-10/h3-9H,2,15H2,1H3. The minimum Gasteiger partial charge on any atom is -0.462 e. The molecule has 92 valence electrons. The van der Waals surface area contributed by atoms with Gasteiger partial charge >= 0.3 is 5.97 Å². The molecule has 0 unspecified atom stereocenters. The van der Waals surface area contributed by atoms with Crippen LogP contribution in [-0.2, 0) is 4.74 Å². The van der Waals surface area contributed by atoms with Crippen LogP contribution >= 0.6 is 0 Å². The normalized spacial score (nSPS) is 10.1. The highest BCUT2D eigenvalue weighted by molar-refractivity contribution is 5.98. The lowest BCUT2D eigenvalue weighted by Crippen LogP contribution is -2.07. The average Bonchev–Trinajstić information content (AvgIpc) is 2.40. The summed E-state index contributed by atoms with van der Waals surface area (Å²) in [5.41, 5.74) is 8.54. The van der Waals surface area contributed by atoms with Gasteiger partial charge in [-0.15, -0.1) is 0 Å². The van der Waals surface area contributed by atoms with E-state index < -0.39 is 0 Å². The van der Waals surface area contributed by atoms with E-state index in [2.05, 4.69) is 4.98 Å². The van der Waals surface area contributed by atoms with Crippen LogP contribution in [0, 0.1) is 0 Å². The molecule has 4 heteroatoms. The van der Waals surface area contributed by atoms with Crippen molar-refractivity contribution in [3.05, 3.63) is 48.3 Å². The van der Waals surface area contributed by atoms with Crippen molar-refractivity contribution in [1.82, 2.24) is 4.98 Å². The Morgan fingerprint density at radius 2 is 2.00 bits per heavy atom. The topological polar surface area (TPSA) is 65.2 Å². The predicted molar refractivity (Wildman–Crippen MR) is 70.0 cm³/mol. The Bertz CT molecular complexity index is 553. The number of carbonyl (C=O) groups excluding carboxylic acids is 1. The number of nitrogen functional groups attached to an aromatic ring is 1. The molecule has 2 rings (SSSR count). The van der Waals surface area contributed by atoms with Crippen molar-refractivity contribution in [2.45, 2.75) is 6.92 Å². The molecule has 0 radical (unpaired) electrons. The number of benzene rings is 1. The van der Waals surface area contributed by atoms with Crippen LogP contribution < -0.4 is 5.73 Å². The Balaban J connectivity index is 2.51. The molecule has 0 spiro atoms. The van der Waals surface area contributed by atoms with Gasteiger partial charge in [0.05, 0.1) is 12.2 Å². The third kappa shape index (κ3) is 2.48. The van der Waals surface area contributed by atoms with Gasteiger partial charge in [-0.3, -0.25) is 4.98 Å². The van der Waals surface area contributed by atoms with E-state index in [-0.39, 0.29) is 5.97 Å². The summed E-state index contributed by atoms with van der Waals surface area (Å²) in [6.07, 6.45) is 3.35. The molecule has 0 atom stereocenters. The predicted octanol–water partition coefficient (Wildman–Crippen LogP) is 2.51. The maximum Gasteiger partial charge on any atom is 0.338 e. The van der Waals surface area contributed by atoms with Crippen LogP contribution in [0.25, 0.3) is 11.1 Å². The van der Waals surface area contributed by atoms with Gasteiger partial charge in [0.1, 0.15) is 0 Å². The Morgan fingerprint density at radius 1 is 1.28 bits per heavy atom. The Kier molecular flexibility index (Phi) is 3.57. The highest BCUT2D eigenvalue weighted by atomic mass is 16.5. The van der Waals surface area contributed by atoms with E-state index in [1.807, 2.05) is 12.1 Å². The minimum absolute atomic E-state index is 0.343. The molecule has 0 aliphatic heterocycles. The summed E-state index contributed by atoms with van der Waals surface area (Å²) in [6.45, 7) is 2.13. The fourth-order valence-corrected chi connectivity index (χ4v) is 1.72. The second-order valence-corrected chi connectivity index (χ2v) is 3.76. The number of ether oxygens (including phenoxy) is 1. The Morgan fingerprint density at radius 3 is 2.67 bits per heavy atom. The monoisotopic (exact) mass is 242 g/mol. The van der Waals surface area contributed by atoms with Gasteiger partial charge in [-0.25, -0.2) is 4.79 Å². The summed E-state index contributed by atoms with van der Waals surface area (Å²) in [7, 11) is 0. The number of nitrogens with zero attached hydrogens (tertiary/aromatic N) is 1. The lowest BCUT2D eigenvalue weighted by Gasteiger charge is -2.09. The highest BCUT2D eigenvalue weighted by Gasteiger charge is 2.13. The molecule has 2 aromatic rings. The summed E-state index contributed by atoms with van der Waals surface area (Å²) in [5.74, 6) is -0.343. The molecule has 2 N–H and O–H groups in total. The molecule has 0 amide bonds. The summed E-state index contributed by atoms with van der Waals surface area (Å²) < 4.78 is 5.03. The van der Waals surface area contributed by atoms with Crippen molar-refractivity contribution >= 4 is 11.7 Å². The first-order valence-electron chi connectivity index (χ1n) is 5.69. The molecule has 1 aromatic carbocycles. The fraction of sp³-hybridized carbons (Fsp3) is 0.143. The van der Waals surface area contributed by atoms with Gasteiger partial charge in [-0.05, 0) is 48.4 Å². The van der Waals surface area contributed by atoms with E-state index in [0.717, 1.165) is 11.1 Å². The third-order valence-corrected chi connectivity index (χ3v) is 2.53. The van der Waals surface area contributed by atoms with Gasteiger partial charge in [0.2, 0.25) is 0 Å². The largest absolute Gasteiger partial charge is 0.462 e.